The van der Waals surface area contributed by atoms with Gasteiger partial charge in [0.1, 0.15) is 0 Å². The van der Waals surface area contributed by atoms with Gasteiger partial charge in [-0.2, -0.15) is 0 Å². The standard InChI is InChI=1S/C15H19NO2/c1-11(9-15(17)18)10-16-12(2)7-8-13-5-3-4-6-14(13)16/h3-6,9,12H,7-8,10H2,1-2H3,(H,17,18). The van der Waals surface area contributed by atoms with Crippen LogP contribution in [0, 0.1) is 0 Å². The average molecular weight is 245 g/mol. The largest absolute Gasteiger partial charge is 0.478 e. The van der Waals surface area contributed by atoms with Gasteiger partial charge in [-0.25, -0.2) is 4.79 Å². The molecule has 96 valence electrons. The maximum absolute atomic E-state index is 10.7. The third-order valence-corrected chi connectivity index (χ3v) is 3.45. The van der Waals surface area contributed by atoms with E-state index in [0.717, 1.165) is 18.4 Å². The van der Waals surface area contributed by atoms with Crippen LogP contribution < -0.4 is 4.90 Å². The molecule has 0 radical (unpaired) electrons. The smallest absolute Gasteiger partial charge is 0.328 e. The normalized spacial score (nSPS) is 19.6. The van der Waals surface area contributed by atoms with Crippen LogP contribution in [-0.2, 0) is 11.2 Å². The lowest BCUT2D eigenvalue weighted by Gasteiger charge is -2.37. The van der Waals surface area contributed by atoms with Gasteiger partial charge < -0.3 is 10.0 Å². The summed E-state index contributed by atoms with van der Waals surface area (Å²) in [5.41, 5.74) is 3.49. The third kappa shape index (κ3) is 2.73. The molecule has 0 saturated heterocycles. The number of carboxylic acid groups (broad SMARTS) is 1. The van der Waals surface area contributed by atoms with Crippen molar-refractivity contribution in [3.63, 3.8) is 0 Å². The fourth-order valence-corrected chi connectivity index (χ4v) is 2.53. The molecule has 0 aromatic heterocycles. The summed E-state index contributed by atoms with van der Waals surface area (Å²) in [5, 5.41) is 8.78. The van der Waals surface area contributed by atoms with Gasteiger partial charge in [-0.3, -0.25) is 0 Å². The van der Waals surface area contributed by atoms with E-state index in [9.17, 15) is 4.79 Å². The van der Waals surface area contributed by atoms with Gasteiger partial charge in [-0.05, 0) is 43.9 Å². The summed E-state index contributed by atoms with van der Waals surface area (Å²) in [6, 6.07) is 8.84. The van der Waals surface area contributed by atoms with Gasteiger partial charge in [0, 0.05) is 24.4 Å². The van der Waals surface area contributed by atoms with E-state index in [-0.39, 0.29) is 0 Å². The molecule has 1 aromatic rings. The first-order valence-corrected chi connectivity index (χ1v) is 6.32. The van der Waals surface area contributed by atoms with Crippen LogP contribution in [0.1, 0.15) is 25.8 Å². The number of carbonyl (C=O) groups is 1. The number of anilines is 1. The van der Waals surface area contributed by atoms with Crippen molar-refractivity contribution in [1.29, 1.82) is 0 Å². The Morgan fingerprint density at radius 1 is 1.50 bits per heavy atom. The first-order chi connectivity index (χ1) is 8.58. The average Bonchev–Trinajstić information content (AvgIpc) is 2.32. The molecule has 1 heterocycles. The number of benzene rings is 1. The molecule has 0 fully saturated rings. The first-order valence-electron chi connectivity index (χ1n) is 6.32. The quantitative estimate of drug-likeness (QED) is 0.832. The van der Waals surface area contributed by atoms with E-state index in [2.05, 4.69) is 30.0 Å². The molecule has 1 atom stereocenters. The third-order valence-electron chi connectivity index (χ3n) is 3.45. The Labute approximate surface area is 108 Å². The zero-order valence-electron chi connectivity index (χ0n) is 10.9. The van der Waals surface area contributed by atoms with E-state index in [1.165, 1.54) is 17.3 Å². The topological polar surface area (TPSA) is 40.5 Å². The van der Waals surface area contributed by atoms with Crippen LogP contribution in [0.5, 0.6) is 0 Å². The number of fused-ring (bicyclic) bond motifs is 1. The van der Waals surface area contributed by atoms with Gasteiger partial charge in [0.2, 0.25) is 0 Å². The highest BCUT2D eigenvalue weighted by molar-refractivity contribution is 5.80. The molecular weight excluding hydrogens is 226 g/mol. The highest BCUT2D eigenvalue weighted by Crippen LogP contribution is 2.30. The van der Waals surface area contributed by atoms with E-state index in [1.807, 2.05) is 13.0 Å². The first kappa shape index (κ1) is 12.7. The predicted octanol–water partition coefficient (Wildman–Crippen LogP) is 2.86. The summed E-state index contributed by atoms with van der Waals surface area (Å²) in [5.74, 6) is -0.870. The van der Waals surface area contributed by atoms with E-state index < -0.39 is 5.97 Å². The van der Waals surface area contributed by atoms with Crippen LogP contribution in [-0.4, -0.2) is 23.7 Å². The molecule has 0 saturated carbocycles. The lowest BCUT2D eigenvalue weighted by atomic mass is 9.96. The van der Waals surface area contributed by atoms with E-state index in [4.69, 9.17) is 5.11 Å². The van der Waals surface area contributed by atoms with E-state index >= 15 is 0 Å². The summed E-state index contributed by atoms with van der Waals surface area (Å²) in [6.07, 6.45) is 3.52. The Morgan fingerprint density at radius 2 is 2.22 bits per heavy atom. The number of hydrogen-bond donors (Lipinski definition) is 1. The van der Waals surface area contributed by atoms with Crippen LogP contribution in [0.25, 0.3) is 0 Å². The van der Waals surface area contributed by atoms with Crippen molar-refractivity contribution in [1.82, 2.24) is 0 Å². The van der Waals surface area contributed by atoms with Crippen molar-refractivity contribution in [2.75, 3.05) is 11.4 Å². The summed E-state index contributed by atoms with van der Waals surface area (Å²) in [4.78, 5) is 13.0. The van der Waals surface area contributed by atoms with Crippen LogP contribution in [0.3, 0.4) is 0 Å². The van der Waals surface area contributed by atoms with Gasteiger partial charge in [0.05, 0.1) is 0 Å². The number of para-hydroxylation sites is 1. The van der Waals surface area contributed by atoms with Crippen molar-refractivity contribution in [3.8, 4) is 0 Å². The van der Waals surface area contributed by atoms with Crippen molar-refractivity contribution >= 4 is 11.7 Å². The van der Waals surface area contributed by atoms with Crippen LogP contribution >= 0.6 is 0 Å². The zero-order valence-corrected chi connectivity index (χ0v) is 10.9. The molecule has 0 amide bonds. The van der Waals surface area contributed by atoms with Crippen molar-refractivity contribution in [2.24, 2.45) is 0 Å². The molecule has 0 bridgehead atoms. The molecule has 3 heteroatoms. The molecule has 1 aliphatic rings. The molecule has 2 rings (SSSR count). The second-order valence-electron chi connectivity index (χ2n) is 4.97. The fraction of sp³-hybridized carbons (Fsp3) is 0.400. The number of carboxylic acids is 1. The Bertz CT molecular complexity index is 479. The fourth-order valence-electron chi connectivity index (χ4n) is 2.53. The number of nitrogens with zero attached hydrogens (tertiary/aromatic N) is 1. The molecule has 1 aromatic carbocycles. The number of aryl methyl sites for hydroxylation is 1. The minimum absolute atomic E-state index is 0.456. The van der Waals surface area contributed by atoms with Crippen LogP contribution in [0.15, 0.2) is 35.9 Å². The molecular formula is C15H19NO2. The SMILES string of the molecule is CC(=CC(=O)O)CN1c2ccccc2CCC1C. The summed E-state index contributed by atoms with van der Waals surface area (Å²) in [7, 11) is 0. The second-order valence-corrected chi connectivity index (χ2v) is 4.97. The molecule has 0 aliphatic carbocycles. The maximum atomic E-state index is 10.7. The molecule has 1 aliphatic heterocycles. The minimum Gasteiger partial charge on any atom is -0.478 e. The lowest BCUT2D eigenvalue weighted by Crippen LogP contribution is -2.38. The monoisotopic (exact) mass is 245 g/mol. The number of hydrogen-bond acceptors (Lipinski definition) is 2. The zero-order chi connectivity index (χ0) is 13.1. The Morgan fingerprint density at radius 3 is 2.94 bits per heavy atom. The minimum atomic E-state index is -0.870. The van der Waals surface area contributed by atoms with Crippen LogP contribution in [0.2, 0.25) is 0 Å². The summed E-state index contributed by atoms with van der Waals surface area (Å²) in [6.45, 7) is 4.76. The lowest BCUT2D eigenvalue weighted by molar-refractivity contribution is -0.131. The van der Waals surface area contributed by atoms with Gasteiger partial charge in [0.15, 0.2) is 0 Å². The molecule has 1 N–H and O–H groups in total. The highest BCUT2D eigenvalue weighted by atomic mass is 16.4. The van der Waals surface area contributed by atoms with Gasteiger partial charge in [-0.15, -0.1) is 0 Å². The Hall–Kier alpha value is -1.77. The highest BCUT2D eigenvalue weighted by Gasteiger charge is 2.22. The maximum Gasteiger partial charge on any atom is 0.328 e. The van der Waals surface area contributed by atoms with Crippen molar-refractivity contribution in [3.05, 3.63) is 41.5 Å². The van der Waals surface area contributed by atoms with E-state index in [0.29, 0.717) is 12.6 Å². The van der Waals surface area contributed by atoms with Gasteiger partial charge in [0.25, 0.3) is 0 Å². The Kier molecular flexibility index (Phi) is 3.70. The molecule has 3 nitrogen and oxygen atoms in total. The number of rotatable bonds is 3. The van der Waals surface area contributed by atoms with Gasteiger partial charge >= 0.3 is 5.97 Å². The second kappa shape index (κ2) is 5.25. The molecule has 0 spiro atoms. The Balaban J connectivity index is 2.24. The summed E-state index contributed by atoms with van der Waals surface area (Å²) < 4.78 is 0. The van der Waals surface area contributed by atoms with E-state index in [1.54, 1.807) is 0 Å². The van der Waals surface area contributed by atoms with Gasteiger partial charge in [-0.1, -0.05) is 18.2 Å². The number of aliphatic carboxylic acids is 1. The predicted molar refractivity (Wildman–Crippen MR) is 73.0 cm³/mol. The van der Waals surface area contributed by atoms with Crippen LogP contribution in [0.4, 0.5) is 5.69 Å². The molecule has 1 unspecified atom stereocenters. The molecule has 18 heavy (non-hydrogen) atoms. The summed E-state index contributed by atoms with van der Waals surface area (Å²) >= 11 is 0. The van der Waals surface area contributed by atoms with Crippen molar-refractivity contribution < 1.29 is 9.90 Å². The van der Waals surface area contributed by atoms with Crippen molar-refractivity contribution in [2.45, 2.75) is 32.7 Å².